The van der Waals surface area contributed by atoms with E-state index >= 15 is 0 Å². The summed E-state index contributed by atoms with van der Waals surface area (Å²) in [5.74, 6) is -0.000253. The van der Waals surface area contributed by atoms with Crippen LogP contribution in [0.5, 0.6) is 0 Å². The van der Waals surface area contributed by atoms with Gasteiger partial charge in [0.05, 0.1) is 11.7 Å². The highest BCUT2D eigenvalue weighted by Gasteiger charge is 2.41. The number of benzene rings is 2. The molecule has 1 amide bonds. The Morgan fingerprint density at radius 2 is 1.89 bits per heavy atom. The zero-order chi connectivity index (χ0) is 19.5. The topological polar surface area (TPSA) is 58.2 Å². The van der Waals surface area contributed by atoms with Crippen molar-refractivity contribution in [1.29, 1.82) is 0 Å². The summed E-state index contributed by atoms with van der Waals surface area (Å²) in [5.41, 5.74) is 4.51. The van der Waals surface area contributed by atoms with Gasteiger partial charge in [-0.2, -0.15) is 5.10 Å². The number of carbonyl (C=O) groups excluding carboxylic acids is 1. The largest absolute Gasteiger partial charge is 0.385 e. The van der Waals surface area contributed by atoms with Crippen LogP contribution in [0.1, 0.15) is 34.1 Å². The molecule has 1 aliphatic rings. The minimum atomic E-state index is -0.149. The van der Waals surface area contributed by atoms with E-state index in [1.165, 1.54) is 4.90 Å². The van der Waals surface area contributed by atoms with Crippen molar-refractivity contribution in [2.75, 3.05) is 26.5 Å². The molecule has 3 aromatic rings. The quantitative estimate of drug-likeness (QED) is 0.478. The van der Waals surface area contributed by atoms with E-state index in [9.17, 15) is 4.79 Å². The van der Waals surface area contributed by atoms with Crippen LogP contribution in [0.3, 0.4) is 0 Å². The Hall–Kier alpha value is -2.57. The summed E-state index contributed by atoms with van der Waals surface area (Å²) in [6, 6.07) is 18.3. The van der Waals surface area contributed by atoms with Crippen molar-refractivity contribution in [2.45, 2.75) is 17.4 Å². The van der Waals surface area contributed by atoms with Crippen LogP contribution >= 0.6 is 11.8 Å². The third kappa shape index (κ3) is 3.34. The lowest BCUT2D eigenvalue weighted by atomic mass is 9.96. The van der Waals surface area contributed by atoms with Gasteiger partial charge in [-0.15, -0.1) is 11.8 Å². The Labute approximate surface area is 169 Å². The van der Waals surface area contributed by atoms with Gasteiger partial charge in [-0.25, -0.2) is 0 Å². The van der Waals surface area contributed by atoms with Crippen LogP contribution < -0.4 is 0 Å². The number of methoxy groups -OCH3 is 1. The standard InChI is InChI=1S/C22H23N3O2S/c1-27-14-6-13-25-21(16-9-11-17(28-2)12-10-16)18-19(15-7-4-3-5-8-15)23-24-20(18)22(25)26/h3-5,7-12,21H,6,13-14H2,1-2H3,(H,23,24). The van der Waals surface area contributed by atoms with E-state index in [1.54, 1.807) is 18.9 Å². The number of aromatic nitrogens is 2. The molecule has 2 heterocycles. The van der Waals surface area contributed by atoms with Gasteiger partial charge in [0.2, 0.25) is 0 Å². The maximum Gasteiger partial charge on any atom is 0.273 e. The summed E-state index contributed by atoms with van der Waals surface area (Å²) in [4.78, 5) is 16.3. The summed E-state index contributed by atoms with van der Waals surface area (Å²) in [7, 11) is 1.68. The van der Waals surface area contributed by atoms with Crippen molar-refractivity contribution >= 4 is 17.7 Å². The lowest BCUT2D eigenvalue weighted by molar-refractivity contribution is 0.0723. The summed E-state index contributed by atoms with van der Waals surface area (Å²) in [6.07, 6.45) is 2.85. The van der Waals surface area contributed by atoms with Crippen molar-refractivity contribution in [1.82, 2.24) is 15.1 Å². The maximum absolute atomic E-state index is 13.2. The van der Waals surface area contributed by atoms with Gasteiger partial charge in [-0.1, -0.05) is 42.5 Å². The van der Waals surface area contributed by atoms with Crippen LogP contribution in [0.2, 0.25) is 0 Å². The second-order valence-electron chi connectivity index (χ2n) is 6.75. The Kier molecular flexibility index (Phi) is 5.50. The van der Waals surface area contributed by atoms with E-state index in [-0.39, 0.29) is 11.9 Å². The van der Waals surface area contributed by atoms with E-state index in [0.29, 0.717) is 18.8 Å². The van der Waals surface area contributed by atoms with Gasteiger partial charge < -0.3 is 9.64 Å². The van der Waals surface area contributed by atoms with Gasteiger partial charge in [0, 0.05) is 36.3 Å². The van der Waals surface area contributed by atoms with E-state index in [2.05, 4.69) is 40.7 Å². The van der Waals surface area contributed by atoms with Gasteiger partial charge in [-0.3, -0.25) is 9.89 Å². The zero-order valence-corrected chi connectivity index (χ0v) is 16.8. The predicted octanol–water partition coefficient (Wildman–Crippen LogP) is 4.38. The van der Waals surface area contributed by atoms with Crippen LogP contribution in [-0.2, 0) is 4.74 Å². The number of carbonyl (C=O) groups is 1. The van der Waals surface area contributed by atoms with E-state index in [0.717, 1.165) is 28.8 Å². The molecule has 4 rings (SSSR count). The molecule has 0 bridgehead atoms. The third-order valence-electron chi connectivity index (χ3n) is 5.09. The number of rotatable bonds is 7. The van der Waals surface area contributed by atoms with Crippen molar-refractivity contribution < 1.29 is 9.53 Å². The van der Waals surface area contributed by atoms with Crippen LogP contribution in [-0.4, -0.2) is 47.5 Å². The molecule has 0 saturated carbocycles. The van der Waals surface area contributed by atoms with Crippen molar-refractivity contribution in [2.24, 2.45) is 0 Å². The third-order valence-corrected chi connectivity index (χ3v) is 5.83. The first-order chi connectivity index (χ1) is 13.7. The van der Waals surface area contributed by atoms with Gasteiger partial charge in [0.25, 0.3) is 5.91 Å². The van der Waals surface area contributed by atoms with Crippen LogP contribution in [0, 0.1) is 0 Å². The summed E-state index contributed by atoms with van der Waals surface area (Å²) >= 11 is 1.71. The fraction of sp³-hybridized carbons (Fsp3) is 0.273. The molecule has 1 unspecified atom stereocenters. The van der Waals surface area contributed by atoms with E-state index < -0.39 is 0 Å². The van der Waals surface area contributed by atoms with Gasteiger partial charge in [0.15, 0.2) is 0 Å². The Balaban J connectivity index is 1.79. The number of nitrogens with zero attached hydrogens (tertiary/aromatic N) is 2. The number of amides is 1. The first kappa shape index (κ1) is 18.8. The smallest absolute Gasteiger partial charge is 0.273 e. The average molecular weight is 394 g/mol. The fourth-order valence-corrected chi connectivity index (χ4v) is 4.16. The van der Waals surface area contributed by atoms with Crippen molar-refractivity contribution in [3.05, 3.63) is 71.4 Å². The van der Waals surface area contributed by atoms with E-state index in [4.69, 9.17) is 4.74 Å². The highest BCUT2D eigenvalue weighted by atomic mass is 32.2. The number of hydrogen-bond donors (Lipinski definition) is 1. The molecule has 28 heavy (non-hydrogen) atoms. The predicted molar refractivity (Wildman–Crippen MR) is 112 cm³/mol. The van der Waals surface area contributed by atoms with Gasteiger partial charge in [-0.05, 0) is 30.4 Å². The molecule has 0 radical (unpaired) electrons. The van der Waals surface area contributed by atoms with Crippen molar-refractivity contribution in [3.63, 3.8) is 0 Å². The summed E-state index contributed by atoms with van der Waals surface area (Å²) in [6.45, 7) is 1.26. The minimum absolute atomic E-state index is 0.000253. The average Bonchev–Trinajstić information content (AvgIpc) is 3.28. The molecule has 5 nitrogen and oxygen atoms in total. The molecule has 1 aromatic heterocycles. The molecular weight excluding hydrogens is 370 g/mol. The number of thioether (sulfide) groups is 1. The molecular formula is C22H23N3O2S. The second-order valence-corrected chi connectivity index (χ2v) is 7.63. The maximum atomic E-state index is 13.2. The Morgan fingerprint density at radius 3 is 2.57 bits per heavy atom. The SMILES string of the molecule is COCCCN1C(=O)c2[nH]nc(-c3ccccc3)c2C1c1ccc(SC)cc1. The first-order valence-corrected chi connectivity index (χ1v) is 10.5. The molecule has 2 aromatic carbocycles. The lowest BCUT2D eigenvalue weighted by Gasteiger charge is -2.26. The zero-order valence-electron chi connectivity index (χ0n) is 16.0. The molecule has 0 aliphatic carbocycles. The Bertz CT molecular complexity index is 954. The second kappa shape index (κ2) is 8.20. The molecule has 0 saturated heterocycles. The van der Waals surface area contributed by atoms with E-state index in [1.807, 2.05) is 35.2 Å². The number of aromatic amines is 1. The van der Waals surface area contributed by atoms with Crippen LogP contribution in [0.15, 0.2) is 59.5 Å². The first-order valence-electron chi connectivity index (χ1n) is 9.32. The van der Waals surface area contributed by atoms with Crippen LogP contribution in [0.25, 0.3) is 11.3 Å². The van der Waals surface area contributed by atoms with Crippen molar-refractivity contribution in [3.8, 4) is 11.3 Å². The highest BCUT2D eigenvalue weighted by Crippen LogP contribution is 2.42. The van der Waals surface area contributed by atoms with Gasteiger partial charge >= 0.3 is 0 Å². The number of ether oxygens (including phenoxy) is 1. The lowest BCUT2D eigenvalue weighted by Crippen LogP contribution is -2.31. The number of fused-ring (bicyclic) bond motifs is 1. The number of H-pyrrole nitrogens is 1. The molecule has 144 valence electrons. The molecule has 0 spiro atoms. The number of nitrogens with one attached hydrogen (secondary N) is 1. The van der Waals surface area contributed by atoms with Gasteiger partial charge in [0.1, 0.15) is 5.69 Å². The molecule has 6 heteroatoms. The molecule has 1 N–H and O–H groups in total. The highest BCUT2D eigenvalue weighted by molar-refractivity contribution is 7.98. The number of hydrogen-bond acceptors (Lipinski definition) is 4. The van der Waals surface area contributed by atoms with Crippen LogP contribution in [0.4, 0.5) is 0 Å². The Morgan fingerprint density at radius 1 is 1.14 bits per heavy atom. The fourth-order valence-electron chi connectivity index (χ4n) is 3.76. The monoisotopic (exact) mass is 393 g/mol. The molecule has 1 atom stereocenters. The molecule has 1 aliphatic heterocycles. The normalized spacial score (nSPS) is 15.9. The summed E-state index contributed by atoms with van der Waals surface area (Å²) in [5, 5.41) is 7.50. The minimum Gasteiger partial charge on any atom is -0.385 e. The molecule has 0 fully saturated rings. The summed E-state index contributed by atoms with van der Waals surface area (Å²) < 4.78 is 5.20.